The Morgan fingerprint density at radius 1 is 1.03 bits per heavy atom. The first-order valence-corrected chi connectivity index (χ1v) is 11.1. The molecule has 0 aliphatic rings. The maximum Gasteiger partial charge on any atom is 0.341 e. The number of aromatic nitrogens is 2. The number of amides is 1. The summed E-state index contributed by atoms with van der Waals surface area (Å²) < 4.78 is 15.3. The van der Waals surface area contributed by atoms with Crippen LogP contribution in [0.1, 0.15) is 44.7 Å². The van der Waals surface area contributed by atoms with Crippen molar-refractivity contribution in [1.29, 1.82) is 0 Å². The molecule has 2 aromatic heterocycles. The van der Waals surface area contributed by atoms with Crippen LogP contribution in [0, 0.1) is 13.8 Å². The summed E-state index contributed by atoms with van der Waals surface area (Å²) in [5.41, 5.74) is 2.44. The number of nitrogens with zero attached hydrogens (tertiary/aromatic N) is 2. The maximum atomic E-state index is 12.6. The lowest BCUT2D eigenvalue weighted by Crippen LogP contribution is -2.22. The van der Waals surface area contributed by atoms with E-state index in [0.717, 1.165) is 11.3 Å². The Hall–Kier alpha value is -3.66. The van der Waals surface area contributed by atoms with E-state index in [1.165, 1.54) is 17.8 Å². The van der Waals surface area contributed by atoms with Crippen molar-refractivity contribution < 1.29 is 28.4 Å². The largest absolute Gasteiger partial charge is 0.462 e. The van der Waals surface area contributed by atoms with Crippen molar-refractivity contribution in [1.82, 2.24) is 10.1 Å². The molecule has 0 fully saturated rings. The Kier molecular flexibility index (Phi) is 8.20. The fraction of sp³-hybridized carbons (Fsp3) is 0.261. The molecule has 2 heterocycles. The smallest absolute Gasteiger partial charge is 0.341 e. The third kappa shape index (κ3) is 6.19. The molecule has 0 atom stereocenters. The molecule has 0 bridgehead atoms. The van der Waals surface area contributed by atoms with Crippen LogP contribution in [-0.2, 0) is 20.0 Å². The van der Waals surface area contributed by atoms with Crippen LogP contribution in [0.25, 0.3) is 0 Å². The molecule has 1 amide bonds. The number of anilines is 1. The van der Waals surface area contributed by atoms with Crippen molar-refractivity contribution in [2.24, 2.45) is 0 Å². The van der Waals surface area contributed by atoms with Crippen molar-refractivity contribution in [3.8, 4) is 0 Å². The molecular weight excluding hydrogens is 446 g/mol. The summed E-state index contributed by atoms with van der Waals surface area (Å²) in [6.07, 6.45) is 1.57. The Bertz CT molecular complexity index is 1140. The zero-order valence-electron chi connectivity index (χ0n) is 18.4. The number of carbonyl (C=O) groups is 3. The molecule has 0 spiro atoms. The second-order valence-corrected chi connectivity index (χ2v) is 7.80. The van der Waals surface area contributed by atoms with Gasteiger partial charge in [0.25, 0.3) is 5.91 Å². The molecule has 0 saturated heterocycles. The van der Waals surface area contributed by atoms with E-state index in [0.29, 0.717) is 16.5 Å². The minimum Gasteiger partial charge on any atom is -0.462 e. The van der Waals surface area contributed by atoms with Gasteiger partial charge in [-0.3, -0.25) is 4.79 Å². The highest BCUT2D eigenvalue weighted by molar-refractivity contribution is 7.98. The van der Waals surface area contributed by atoms with Crippen LogP contribution in [0.3, 0.4) is 0 Å². The van der Waals surface area contributed by atoms with E-state index in [2.05, 4.69) is 15.5 Å². The average Bonchev–Trinajstić information content (AvgIpc) is 3.13. The topological polar surface area (TPSA) is 121 Å². The first-order valence-electron chi connectivity index (χ1n) is 10.1. The number of ether oxygens (including phenoxy) is 2. The van der Waals surface area contributed by atoms with Gasteiger partial charge in [-0.05, 0) is 45.0 Å². The first-order chi connectivity index (χ1) is 15.9. The molecule has 0 saturated carbocycles. The van der Waals surface area contributed by atoms with Crippen molar-refractivity contribution >= 4 is 35.3 Å². The number of para-hydroxylation sites is 1. The van der Waals surface area contributed by atoms with Gasteiger partial charge in [0.05, 0.1) is 29.1 Å². The van der Waals surface area contributed by atoms with Gasteiger partial charge in [-0.2, -0.15) is 0 Å². The Morgan fingerprint density at radius 3 is 2.48 bits per heavy atom. The molecule has 0 radical (unpaired) electrons. The number of aryl methyl sites for hydroxylation is 2. The second kappa shape index (κ2) is 11.3. The predicted octanol–water partition coefficient (Wildman–Crippen LogP) is 3.95. The predicted molar refractivity (Wildman–Crippen MR) is 121 cm³/mol. The van der Waals surface area contributed by atoms with Crippen molar-refractivity contribution in [2.45, 2.75) is 31.6 Å². The highest BCUT2D eigenvalue weighted by Gasteiger charge is 2.19. The molecule has 172 valence electrons. The molecule has 1 aromatic carbocycles. The Morgan fingerprint density at radius 2 is 1.76 bits per heavy atom. The molecule has 33 heavy (non-hydrogen) atoms. The molecule has 3 aromatic rings. The van der Waals surface area contributed by atoms with Gasteiger partial charge in [0.1, 0.15) is 10.8 Å². The number of nitrogens with one attached hydrogen (secondary N) is 1. The Labute approximate surface area is 194 Å². The van der Waals surface area contributed by atoms with Crippen LogP contribution < -0.4 is 5.32 Å². The molecule has 3 rings (SSSR count). The second-order valence-electron chi connectivity index (χ2n) is 6.84. The zero-order chi connectivity index (χ0) is 23.8. The van der Waals surface area contributed by atoms with Gasteiger partial charge in [-0.25, -0.2) is 14.6 Å². The lowest BCUT2D eigenvalue weighted by atomic mass is 10.2. The van der Waals surface area contributed by atoms with Crippen molar-refractivity contribution in [3.63, 3.8) is 0 Å². The summed E-state index contributed by atoms with van der Waals surface area (Å²) in [5.74, 6) is -0.600. The van der Waals surface area contributed by atoms with E-state index >= 15 is 0 Å². The van der Waals surface area contributed by atoms with Crippen LogP contribution in [0.15, 0.2) is 52.1 Å². The van der Waals surface area contributed by atoms with E-state index in [4.69, 9.17) is 14.0 Å². The van der Waals surface area contributed by atoms with Crippen LogP contribution in [0.2, 0.25) is 0 Å². The fourth-order valence-electron chi connectivity index (χ4n) is 2.88. The number of thioether (sulfide) groups is 1. The monoisotopic (exact) mass is 469 g/mol. The number of esters is 2. The summed E-state index contributed by atoms with van der Waals surface area (Å²) in [7, 11) is 0. The third-order valence-corrected chi connectivity index (χ3v) is 5.59. The van der Waals surface area contributed by atoms with Gasteiger partial charge in [-0.15, -0.1) is 11.8 Å². The molecule has 10 heteroatoms. The maximum absolute atomic E-state index is 12.6. The normalized spacial score (nSPS) is 10.5. The first kappa shape index (κ1) is 24.0. The lowest BCUT2D eigenvalue weighted by Gasteiger charge is -2.11. The molecule has 1 N–H and O–H groups in total. The van der Waals surface area contributed by atoms with Crippen molar-refractivity contribution in [2.75, 3.05) is 18.5 Å². The highest BCUT2D eigenvalue weighted by Crippen LogP contribution is 2.27. The minimum absolute atomic E-state index is 0.209. The van der Waals surface area contributed by atoms with Crippen LogP contribution in [0.4, 0.5) is 5.69 Å². The molecule has 0 aliphatic carbocycles. The molecular formula is C23H23N3O6S. The van der Waals surface area contributed by atoms with E-state index in [1.807, 2.05) is 13.8 Å². The number of rotatable bonds is 9. The van der Waals surface area contributed by atoms with Crippen LogP contribution in [-0.4, -0.2) is 41.2 Å². The molecule has 0 unspecified atom stereocenters. The fourth-order valence-corrected chi connectivity index (χ4v) is 4.02. The molecule has 9 nitrogen and oxygen atoms in total. The Balaban J connectivity index is 1.61. The van der Waals surface area contributed by atoms with Gasteiger partial charge >= 0.3 is 11.9 Å². The van der Waals surface area contributed by atoms with E-state index in [-0.39, 0.29) is 23.4 Å². The third-order valence-electron chi connectivity index (χ3n) is 4.56. The SMILES string of the molecule is CCOC(=O)c1ccccc1NC(=O)COC(=O)c1cccnc1SCc1c(C)noc1C. The zero-order valence-corrected chi connectivity index (χ0v) is 19.2. The summed E-state index contributed by atoms with van der Waals surface area (Å²) in [4.78, 5) is 41.3. The van der Waals surface area contributed by atoms with E-state index in [1.54, 1.807) is 43.5 Å². The van der Waals surface area contributed by atoms with Gasteiger partial charge in [-0.1, -0.05) is 17.3 Å². The van der Waals surface area contributed by atoms with Crippen molar-refractivity contribution in [3.05, 3.63) is 70.7 Å². The number of pyridine rings is 1. The summed E-state index contributed by atoms with van der Waals surface area (Å²) in [6, 6.07) is 9.63. The van der Waals surface area contributed by atoms with Gasteiger partial charge in [0.15, 0.2) is 6.61 Å². The number of benzene rings is 1. The standard InChI is InChI=1S/C23H23N3O6S/c1-4-30-22(28)16-8-5-6-10-19(16)25-20(27)12-31-23(29)17-9-7-11-24-21(17)33-13-18-14(2)26-32-15(18)3/h5-11H,4,12-13H2,1-3H3,(H,25,27). The van der Waals surface area contributed by atoms with E-state index < -0.39 is 24.5 Å². The lowest BCUT2D eigenvalue weighted by molar-refractivity contribution is -0.119. The summed E-state index contributed by atoms with van der Waals surface area (Å²) in [6.45, 7) is 5.04. The summed E-state index contributed by atoms with van der Waals surface area (Å²) in [5, 5.41) is 6.96. The van der Waals surface area contributed by atoms with Gasteiger partial charge < -0.3 is 19.3 Å². The highest BCUT2D eigenvalue weighted by atomic mass is 32.2. The average molecular weight is 470 g/mol. The van der Waals surface area contributed by atoms with Gasteiger partial charge in [0.2, 0.25) is 0 Å². The quantitative estimate of drug-likeness (QED) is 0.367. The minimum atomic E-state index is -0.682. The summed E-state index contributed by atoms with van der Waals surface area (Å²) >= 11 is 1.34. The van der Waals surface area contributed by atoms with Crippen LogP contribution in [0.5, 0.6) is 0 Å². The van der Waals surface area contributed by atoms with Gasteiger partial charge in [0, 0.05) is 17.5 Å². The number of carbonyl (C=O) groups excluding carboxylic acids is 3. The molecule has 0 aliphatic heterocycles. The van der Waals surface area contributed by atoms with E-state index in [9.17, 15) is 14.4 Å². The number of hydrogen-bond donors (Lipinski definition) is 1. The van der Waals surface area contributed by atoms with Crippen LogP contribution >= 0.6 is 11.8 Å². The number of hydrogen-bond acceptors (Lipinski definition) is 9.